The highest BCUT2D eigenvalue weighted by Crippen LogP contribution is 2.24. The Bertz CT molecular complexity index is 629. The van der Waals surface area contributed by atoms with Gasteiger partial charge in [0.05, 0.1) is 23.5 Å². The van der Waals surface area contributed by atoms with Gasteiger partial charge in [-0.2, -0.15) is 0 Å². The van der Waals surface area contributed by atoms with Crippen LogP contribution in [-0.2, 0) is 18.6 Å². The Kier molecular flexibility index (Phi) is 4.36. The highest BCUT2D eigenvalue weighted by atomic mass is 35.7. The average molecular weight is 318 g/mol. The number of halogens is 1. The molecule has 5 nitrogen and oxygen atoms in total. The molecule has 1 aromatic carbocycles. The van der Waals surface area contributed by atoms with Gasteiger partial charge in [-0.25, -0.2) is 8.42 Å². The number of carbonyl (C=O) groups is 1. The third-order valence-electron chi connectivity index (χ3n) is 3.27. The molecule has 7 heteroatoms. The van der Waals surface area contributed by atoms with Gasteiger partial charge in [0.15, 0.2) is 0 Å². The van der Waals surface area contributed by atoms with Gasteiger partial charge >= 0.3 is 0 Å². The number of hydrogen-bond acceptors (Lipinski definition) is 4. The first kappa shape index (κ1) is 15.3. The van der Waals surface area contributed by atoms with Crippen LogP contribution in [0.2, 0.25) is 0 Å². The van der Waals surface area contributed by atoms with Crippen molar-refractivity contribution >= 4 is 31.3 Å². The van der Waals surface area contributed by atoms with Crippen LogP contribution in [-0.4, -0.2) is 27.0 Å². The van der Waals surface area contributed by atoms with Crippen molar-refractivity contribution in [1.29, 1.82) is 0 Å². The Morgan fingerprint density at radius 3 is 2.65 bits per heavy atom. The van der Waals surface area contributed by atoms with Crippen molar-refractivity contribution in [2.75, 3.05) is 11.9 Å². The largest absolute Gasteiger partial charge is 0.378 e. The Balaban J connectivity index is 2.11. The lowest BCUT2D eigenvalue weighted by molar-refractivity contribution is -0.119. The zero-order valence-corrected chi connectivity index (χ0v) is 12.8. The van der Waals surface area contributed by atoms with Crippen molar-refractivity contribution < 1.29 is 17.9 Å². The van der Waals surface area contributed by atoms with Gasteiger partial charge in [0.25, 0.3) is 9.05 Å². The zero-order chi connectivity index (χ0) is 14.9. The van der Waals surface area contributed by atoms with E-state index < -0.39 is 9.05 Å². The number of carbonyl (C=O) groups excluding carboxylic acids is 1. The van der Waals surface area contributed by atoms with Crippen molar-refractivity contribution in [3.63, 3.8) is 0 Å². The van der Waals surface area contributed by atoms with Crippen LogP contribution in [0.3, 0.4) is 0 Å². The molecule has 0 aliphatic carbocycles. The molecule has 0 bridgehead atoms. The fourth-order valence-corrected chi connectivity index (χ4v) is 3.44. The minimum absolute atomic E-state index is 0.0509. The van der Waals surface area contributed by atoms with Crippen LogP contribution in [0.15, 0.2) is 23.1 Å². The lowest BCUT2D eigenvalue weighted by Gasteiger charge is -2.11. The van der Waals surface area contributed by atoms with Gasteiger partial charge in [0.2, 0.25) is 5.91 Å². The monoisotopic (exact) mass is 317 g/mol. The van der Waals surface area contributed by atoms with Crippen molar-refractivity contribution in [3.05, 3.63) is 23.8 Å². The van der Waals surface area contributed by atoms with Crippen LogP contribution in [0.1, 0.15) is 18.9 Å². The number of anilines is 1. The quantitative estimate of drug-likeness (QED) is 0.868. The second-order valence-electron chi connectivity index (χ2n) is 4.98. The van der Waals surface area contributed by atoms with E-state index in [0.717, 1.165) is 0 Å². The lowest BCUT2D eigenvalue weighted by Crippen LogP contribution is -2.23. The summed E-state index contributed by atoms with van der Waals surface area (Å²) in [6, 6.07) is 4.51. The number of benzene rings is 1. The van der Waals surface area contributed by atoms with Crippen LogP contribution >= 0.6 is 10.7 Å². The van der Waals surface area contributed by atoms with Crippen LogP contribution < -0.4 is 5.32 Å². The first-order valence-electron chi connectivity index (χ1n) is 6.25. The second kappa shape index (κ2) is 5.71. The summed E-state index contributed by atoms with van der Waals surface area (Å²) in [5, 5.41) is 2.77. The molecule has 2 unspecified atom stereocenters. The second-order valence-corrected chi connectivity index (χ2v) is 7.52. The van der Waals surface area contributed by atoms with Crippen LogP contribution in [0, 0.1) is 12.8 Å². The highest BCUT2D eigenvalue weighted by Gasteiger charge is 2.28. The van der Waals surface area contributed by atoms with Gasteiger partial charge in [-0.05, 0) is 44.0 Å². The van der Waals surface area contributed by atoms with Gasteiger partial charge in [-0.1, -0.05) is 0 Å². The summed E-state index contributed by atoms with van der Waals surface area (Å²) >= 11 is 0. The summed E-state index contributed by atoms with van der Waals surface area (Å²) in [5.41, 5.74) is 1.05. The average Bonchev–Trinajstić information content (AvgIpc) is 2.74. The molecule has 110 valence electrons. The number of amides is 1. The summed E-state index contributed by atoms with van der Waals surface area (Å²) < 4.78 is 27.9. The van der Waals surface area contributed by atoms with Crippen molar-refractivity contribution in [3.8, 4) is 0 Å². The molecule has 20 heavy (non-hydrogen) atoms. The molecule has 1 N–H and O–H groups in total. The molecule has 0 saturated carbocycles. The Morgan fingerprint density at radius 1 is 1.45 bits per heavy atom. The molecule has 1 aliphatic rings. The molecule has 1 amide bonds. The van der Waals surface area contributed by atoms with Gasteiger partial charge in [0, 0.05) is 16.4 Å². The molecular formula is C13H16ClNO4S. The lowest BCUT2D eigenvalue weighted by atomic mass is 10.1. The zero-order valence-electron chi connectivity index (χ0n) is 11.2. The fourth-order valence-electron chi connectivity index (χ4n) is 2.24. The van der Waals surface area contributed by atoms with Gasteiger partial charge < -0.3 is 10.1 Å². The summed E-state index contributed by atoms with van der Waals surface area (Å²) in [6.45, 7) is 3.98. The third kappa shape index (κ3) is 3.50. The number of ether oxygens (including phenoxy) is 1. The molecule has 1 aliphatic heterocycles. The van der Waals surface area contributed by atoms with Crippen LogP contribution in [0.5, 0.6) is 0 Å². The highest BCUT2D eigenvalue weighted by molar-refractivity contribution is 8.13. The first-order valence-corrected chi connectivity index (χ1v) is 8.56. The first-order chi connectivity index (χ1) is 9.27. The Morgan fingerprint density at radius 2 is 2.15 bits per heavy atom. The maximum atomic E-state index is 12.0. The summed E-state index contributed by atoms with van der Waals surface area (Å²) in [5.74, 6) is -0.281. The van der Waals surface area contributed by atoms with Gasteiger partial charge in [-0.15, -0.1) is 0 Å². The van der Waals surface area contributed by atoms with Crippen molar-refractivity contribution in [2.24, 2.45) is 5.92 Å². The molecule has 0 aromatic heterocycles. The summed E-state index contributed by atoms with van der Waals surface area (Å²) in [7, 11) is 1.55. The molecule has 0 radical (unpaired) electrons. The number of rotatable bonds is 3. The molecule has 0 spiro atoms. The molecule has 1 fully saturated rings. The Labute approximate surface area is 122 Å². The third-order valence-corrected chi connectivity index (χ3v) is 4.76. The number of nitrogens with one attached hydrogen (secondary N) is 1. The number of aryl methyl sites for hydroxylation is 1. The standard InChI is InChI=1S/C13H16ClNO4S/c1-8-5-11(3-4-12(8)20(14,17)18)15-13(16)10-6-9(2)19-7-10/h3-5,9-10H,6-7H2,1-2H3,(H,15,16). The Hall–Kier alpha value is -1.11. The van der Waals surface area contributed by atoms with Crippen molar-refractivity contribution in [1.82, 2.24) is 0 Å². The van der Waals surface area contributed by atoms with E-state index in [0.29, 0.717) is 24.3 Å². The van der Waals surface area contributed by atoms with E-state index in [2.05, 4.69) is 5.32 Å². The minimum Gasteiger partial charge on any atom is -0.378 e. The molecule has 1 aromatic rings. The maximum absolute atomic E-state index is 12.0. The molecule has 2 rings (SSSR count). The van der Waals surface area contributed by atoms with Crippen LogP contribution in [0.25, 0.3) is 0 Å². The fraction of sp³-hybridized carbons (Fsp3) is 0.462. The predicted octanol–water partition coefficient (Wildman–Crippen LogP) is 2.29. The predicted molar refractivity (Wildman–Crippen MR) is 76.4 cm³/mol. The topological polar surface area (TPSA) is 72.5 Å². The number of hydrogen-bond donors (Lipinski definition) is 1. The van der Waals surface area contributed by atoms with E-state index in [1.807, 2.05) is 6.92 Å². The normalized spacial score (nSPS) is 22.8. The van der Waals surface area contributed by atoms with E-state index in [1.54, 1.807) is 13.0 Å². The van der Waals surface area contributed by atoms with Crippen LogP contribution in [0.4, 0.5) is 5.69 Å². The van der Waals surface area contributed by atoms with Gasteiger partial charge in [0.1, 0.15) is 0 Å². The molecule has 1 saturated heterocycles. The molecule has 1 heterocycles. The van der Waals surface area contributed by atoms with E-state index in [9.17, 15) is 13.2 Å². The van der Waals surface area contributed by atoms with E-state index in [4.69, 9.17) is 15.4 Å². The summed E-state index contributed by atoms with van der Waals surface area (Å²) in [6.07, 6.45) is 0.787. The maximum Gasteiger partial charge on any atom is 0.261 e. The van der Waals surface area contributed by atoms with E-state index in [-0.39, 0.29) is 22.8 Å². The molecule has 2 atom stereocenters. The van der Waals surface area contributed by atoms with E-state index in [1.165, 1.54) is 12.1 Å². The van der Waals surface area contributed by atoms with E-state index >= 15 is 0 Å². The smallest absolute Gasteiger partial charge is 0.261 e. The minimum atomic E-state index is -3.76. The molecular weight excluding hydrogens is 302 g/mol. The summed E-state index contributed by atoms with van der Waals surface area (Å²) in [4.78, 5) is 12.1. The van der Waals surface area contributed by atoms with Gasteiger partial charge in [-0.3, -0.25) is 4.79 Å². The van der Waals surface area contributed by atoms with Crippen molar-refractivity contribution in [2.45, 2.75) is 31.3 Å². The SMILES string of the molecule is Cc1cc(NC(=O)C2COC(C)C2)ccc1S(=O)(=O)Cl.